The van der Waals surface area contributed by atoms with Crippen LogP contribution in [0, 0.1) is 29.5 Å². The molecule has 12 heteroatoms. The number of hydrazine groups is 1. The Labute approximate surface area is 295 Å². The van der Waals surface area contributed by atoms with Gasteiger partial charge in [0.1, 0.15) is 5.82 Å². The second-order valence-corrected chi connectivity index (χ2v) is 14.6. The van der Waals surface area contributed by atoms with E-state index in [1.807, 2.05) is 23.6 Å². The summed E-state index contributed by atoms with van der Waals surface area (Å²) in [7, 11) is 1.42. The first-order valence-electron chi connectivity index (χ1n) is 16.2. The van der Waals surface area contributed by atoms with Gasteiger partial charge in [0.05, 0.1) is 42.5 Å². The number of anilines is 1. The number of allylic oxidation sites excluding steroid dienone is 2. The summed E-state index contributed by atoms with van der Waals surface area (Å²) in [6.07, 6.45) is 2.38. The minimum Gasteiger partial charge on any atom is -0.504 e. The number of nitrogens with zero attached hydrogens (tertiary/aromatic N) is 2. The van der Waals surface area contributed by atoms with Gasteiger partial charge in [-0.3, -0.25) is 29.5 Å². The van der Waals surface area contributed by atoms with Gasteiger partial charge in [0.2, 0.25) is 11.8 Å². The number of likely N-dealkylation sites (tertiary alicyclic amines) is 1. The molecule has 4 amide bonds. The fraction of sp³-hybridized carbons (Fsp3) is 0.263. The average Bonchev–Trinajstić information content (AvgIpc) is 3.78. The van der Waals surface area contributed by atoms with Gasteiger partial charge in [0, 0.05) is 15.8 Å². The first kappa shape index (κ1) is 32.2. The number of amides is 4. The molecule has 9 nitrogen and oxygen atoms in total. The molecule has 0 unspecified atom stereocenters. The number of rotatable bonds is 7. The van der Waals surface area contributed by atoms with E-state index in [0.717, 1.165) is 15.5 Å². The van der Waals surface area contributed by atoms with Gasteiger partial charge in [-0.05, 0) is 89.9 Å². The summed E-state index contributed by atoms with van der Waals surface area (Å²) >= 11 is 7.82. The second-order valence-electron chi connectivity index (χ2n) is 13.1. The molecule has 2 saturated heterocycles. The predicted molar refractivity (Wildman–Crippen MR) is 184 cm³/mol. The molecule has 0 spiro atoms. The van der Waals surface area contributed by atoms with Gasteiger partial charge >= 0.3 is 0 Å². The van der Waals surface area contributed by atoms with E-state index < -0.39 is 52.6 Å². The summed E-state index contributed by atoms with van der Waals surface area (Å²) in [5.41, 5.74) is 3.64. The maximum atomic E-state index is 15.2. The third kappa shape index (κ3) is 4.78. The number of carbonyl (C=O) groups excluding carboxylic acids is 4. The molecule has 4 aromatic rings. The fourth-order valence-electron chi connectivity index (χ4n) is 8.68. The molecule has 2 aliphatic heterocycles. The SMILES string of the molecule is COc1cc([C@H]2C3=CC[C@@H]4C(=O)N(Cc5cccs5)C(=O)[C@@H]4[C@@H]3C[C@H]3C(=O)N(Nc4ccc(F)cc4)C(=O)[C@@]23c2ccc(Cl)cc2)ccc1O. The van der Waals surface area contributed by atoms with E-state index in [2.05, 4.69) is 5.43 Å². The Morgan fingerprint density at radius 3 is 2.44 bits per heavy atom. The lowest BCUT2D eigenvalue weighted by Gasteiger charge is -2.50. The molecule has 1 aromatic heterocycles. The fourth-order valence-corrected chi connectivity index (χ4v) is 9.50. The lowest BCUT2D eigenvalue weighted by molar-refractivity contribution is -0.141. The Bertz CT molecular complexity index is 2070. The molecule has 0 radical (unpaired) electrons. The number of ether oxygens (including phenoxy) is 1. The van der Waals surface area contributed by atoms with Crippen LogP contribution < -0.4 is 10.2 Å². The van der Waals surface area contributed by atoms with E-state index in [0.29, 0.717) is 21.8 Å². The molecule has 8 rings (SSSR count). The van der Waals surface area contributed by atoms with Crippen molar-refractivity contribution in [1.82, 2.24) is 9.91 Å². The molecule has 0 bridgehead atoms. The van der Waals surface area contributed by atoms with Crippen LogP contribution in [-0.2, 0) is 31.1 Å². The van der Waals surface area contributed by atoms with E-state index in [-0.39, 0.29) is 42.7 Å². The van der Waals surface area contributed by atoms with Crippen LogP contribution >= 0.6 is 22.9 Å². The Morgan fingerprint density at radius 2 is 1.74 bits per heavy atom. The number of carbonyl (C=O) groups is 4. The topological polar surface area (TPSA) is 116 Å². The number of phenols is 1. The number of hydrogen-bond donors (Lipinski definition) is 2. The Hall–Kier alpha value is -5.00. The highest BCUT2D eigenvalue weighted by atomic mass is 35.5. The van der Waals surface area contributed by atoms with Crippen molar-refractivity contribution in [3.63, 3.8) is 0 Å². The molecular weight excluding hydrogens is 681 g/mol. The van der Waals surface area contributed by atoms with Crippen LogP contribution in [0.1, 0.15) is 34.8 Å². The van der Waals surface area contributed by atoms with Crippen molar-refractivity contribution in [1.29, 1.82) is 0 Å². The van der Waals surface area contributed by atoms with E-state index in [1.165, 1.54) is 53.7 Å². The third-order valence-electron chi connectivity index (χ3n) is 10.8. The van der Waals surface area contributed by atoms with Gasteiger partial charge < -0.3 is 9.84 Å². The molecular formula is C38H31ClFN3O6S. The van der Waals surface area contributed by atoms with Crippen LogP contribution in [0.5, 0.6) is 11.5 Å². The number of imide groups is 2. The molecule has 2 aliphatic carbocycles. The average molecular weight is 712 g/mol. The maximum Gasteiger partial charge on any atom is 0.260 e. The number of halogens is 2. The minimum absolute atomic E-state index is 0.104. The van der Waals surface area contributed by atoms with Crippen molar-refractivity contribution in [3.05, 3.63) is 123 Å². The van der Waals surface area contributed by atoms with Gasteiger partial charge in [0.25, 0.3) is 11.8 Å². The highest BCUT2D eigenvalue weighted by Crippen LogP contribution is 2.64. The highest BCUT2D eigenvalue weighted by molar-refractivity contribution is 7.09. The number of thiophene rings is 1. The molecule has 4 aliphatic rings. The first-order chi connectivity index (χ1) is 24.1. The number of nitrogens with one attached hydrogen (secondary N) is 1. The zero-order chi connectivity index (χ0) is 34.9. The molecule has 3 aromatic carbocycles. The van der Waals surface area contributed by atoms with E-state index in [1.54, 1.807) is 36.4 Å². The highest BCUT2D eigenvalue weighted by Gasteiger charge is 2.70. The first-order valence-corrected chi connectivity index (χ1v) is 17.5. The summed E-state index contributed by atoms with van der Waals surface area (Å²) in [5, 5.41) is 13.9. The van der Waals surface area contributed by atoms with E-state index in [9.17, 15) is 23.9 Å². The van der Waals surface area contributed by atoms with Crippen LogP contribution in [0.4, 0.5) is 10.1 Å². The van der Waals surface area contributed by atoms with Gasteiger partial charge in [-0.2, -0.15) is 5.01 Å². The summed E-state index contributed by atoms with van der Waals surface area (Å²) in [4.78, 5) is 60.2. The molecule has 2 N–H and O–H groups in total. The summed E-state index contributed by atoms with van der Waals surface area (Å²) < 4.78 is 19.3. The van der Waals surface area contributed by atoms with Crippen molar-refractivity contribution >= 4 is 52.3 Å². The van der Waals surface area contributed by atoms with Crippen LogP contribution in [0.3, 0.4) is 0 Å². The number of phenolic OH excluding ortho intramolecular Hbond substituents is 1. The summed E-state index contributed by atoms with van der Waals surface area (Å²) in [6.45, 7) is 0.175. The standard InChI is InChI=1S/C38H31ClFN3O6S/c1-49-31-17-20(4-15-30(31)44)33-26-13-14-27-32(36(47)42(34(27)45)19-25-3-2-16-50-25)28(26)18-29-35(46)43(41-24-11-9-23(40)10-12-24)37(48)38(29,33)21-5-7-22(39)8-6-21/h2-13,15-17,27-29,32-33,41,44H,14,18-19H2,1H3/t27-,28+,29-,32-,33-,38+/m0/s1. The summed E-state index contributed by atoms with van der Waals surface area (Å²) in [5.74, 6) is -5.65. The molecule has 3 fully saturated rings. The van der Waals surface area contributed by atoms with E-state index >= 15 is 4.79 Å². The van der Waals surface area contributed by atoms with Gasteiger partial charge in [-0.1, -0.05) is 47.5 Å². The van der Waals surface area contributed by atoms with Crippen molar-refractivity contribution in [2.45, 2.75) is 30.7 Å². The quantitative estimate of drug-likeness (QED) is 0.168. The van der Waals surface area contributed by atoms with Crippen LogP contribution in [0.25, 0.3) is 0 Å². The summed E-state index contributed by atoms with van der Waals surface area (Å²) in [6, 6.07) is 20.8. The number of aromatic hydroxyl groups is 1. The lowest BCUT2D eigenvalue weighted by atomic mass is 9.49. The Balaban J connectivity index is 1.32. The lowest BCUT2D eigenvalue weighted by Crippen LogP contribution is -2.53. The largest absolute Gasteiger partial charge is 0.504 e. The van der Waals surface area contributed by atoms with Gasteiger partial charge in [0.15, 0.2) is 11.5 Å². The van der Waals surface area contributed by atoms with Crippen LogP contribution in [0.15, 0.2) is 95.9 Å². The monoisotopic (exact) mass is 711 g/mol. The third-order valence-corrected chi connectivity index (χ3v) is 11.9. The minimum atomic E-state index is -1.53. The van der Waals surface area contributed by atoms with Gasteiger partial charge in [-0.15, -0.1) is 11.3 Å². The second kappa shape index (κ2) is 12.1. The molecule has 1 saturated carbocycles. The number of benzene rings is 3. The smallest absolute Gasteiger partial charge is 0.260 e. The van der Waals surface area contributed by atoms with Gasteiger partial charge in [-0.25, -0.2) is 4.39 Å². The zero-order valence-corrected chi connectivity index (χ0v) is 28.3. The number of hydrogen-bond acceptors (Lipinski definition) is 8. The molecule has 254 valence electrons. The van der Waals surface area contributed by atoms with Crippen LogP contribution in [0.2, 0.25) is 5.02 Å². The van der Waals surface area contributed by atoms with Crippen LogP contribution in [-0.4, -0.2) is 45.8 Å². The van der Waals surface area contributed by atoms with E-state index in [4.69, 9.17) is 16.3 Å². The predicted octanol–water partition coefficient (Wildman–Crippen LogP) is 6.44. The Morgan fingerprint density at radius 1 is 0.980 bits per heavy atom. The normalized spacial score (nSPS) is 27.2. The number of fused-ring (bicyclic) bond motifs is 4. The van der Waals surface area contributed by atoms with Crippen molar-refractivity contribution < 1.29 is 33.4 Å². The Kier molecular flexibility index (Phi) is 7.80. The molecule has 50 heavy (non-hydrogen) atoms. The zero-order valence-electron chi connectivity index (χ0n) is 26.7. The van der Waals surface area contributed by atoms with Crippen molar-refractivity contribution in [2.24, 2.45) is 23.7 Å². The number of methoxy groups -OCH3 is 1. The molecule has 3 heterocycles. The maximum absolute atomic E-state index is 15.2. The van der Waals surface area contributed by atoms with Crippen molar-refractivity contribution in [2.75, 3.05) is 12.5 Å². The molecule has 6 atom stereocenters. The van der Waals surface area contributed by atoms with Crippen molar-refractivity contribution in [3.8, 4) is 11.5 Å².